The largest absolute Gasteiger partial charge is 0.472 e. The molecule has 2 atom stereocenters. The van der Waals surface area contributed by atoms with E-state index in [0.29, 0.717) is 25.8 Å². The molecule has 0 aliphatic rings. The molecule has 0 rings (SSSR count). The number of ketones is 1. The molecule has 0 aromatic rings. The highest BCUT2D eigenvalue weighted by Crippen LogP contribution is 2.44. The Hall–Kier alpha value is -0.260. The van der Waals surface area contributed by atoms with E-state index in [1.54, 1.807) is 0 Å². The predicted molar refractivity (Wildman–Crippen MR) is 152 cm³/mol. The first-order valence-corrected chi connectivity index (χ1v) is 16.8. The Morgan fingerprint density at radius 2 is 1.19 bits per heavy atom. The van der Waals surface area contributed by atoms with Gasteiger partial charge in [0.1, 0.15) is 5.78 Å². The van der Waals surface area contributed by atoms with E-state index in [4.69, 9.17) is 14.8 Å². The van der Waals surface area contributed by atoms with Crippen molar-refractivity contribution < 1.29 is 23.3 Å². The van der Waals surface area contributed by atoms with Crippen LogP contribution in [0.25, 0.3) is 0 Å². The van der Waals surface area contributed by atoms with E-state index < -0.39 is 7.82 Å². The van der Waals surface area contributed by atoms with Gasteiger partial charge in [-0.3, -0.25) is 13.8 Å². The molecule has 0 aliphatic carbocycles. The number of hydrogen-bond acceptors (Lipinski definition) is 5. The number of nitrogens with two attached hydrogens (primary N) is 1. The summed E-state index contributed by atoms with van der Waals surface area (Å²) in [6.07, 6.45) is 25.8. The Bertz CT molecular complexity index is 532. The molecule has 0 amide bonds. The highest BCUT2D eigenvalue weighted by molar-refractivity contribution is 7.47. The second kappa shape index (κ2) is 26.4. The van der Waals surface area contributed by atoms with Crippen molar-refractivity contribution >= 4 is 13.6 Å². The van der Waals surface area contributed by atoms with E-state index in [9.17, 15) is 14.3 Å². The minimum atomic E-state index is -4.08. The minimum absolute atomic E-state index is 0.0287. The fourth-order valence-electron chi connectivity index (χ4n) is 4.61. The molecular weight excluding hydrogens is 473 g/mol. The minimum Gasteiger partial charge on any atom is -0.330 e. The van der Waals surface area contributed by atoms with Crippen LogP contribution in [-0.2, 0) is 18.4 Å². The molecule has 216 valence electrons. The van der Waals surface area contributed by atoms with Crippen molar-refractivity contribution in [3.8, 4) is 0 Å². The van der Waals surface area contributed by atoms with Gasteiger partial charge in [-0.1, -0.05) is 123 Å². The number of unbranched alkanes of at least 4 members (excludes halogenated alkanes) is 16. The van der Waals surface area contributed by atoms with Gasteiger partial charge in [-0.2, -0.15) is 0 Å². The van der Waals surface area contributed by atoms with Crippen LogP contribution < -0.4 is 5.73 Å². The lowest BCUT2D eigenvalue weighted by atomic mass is 9.94. The van der Waals surface area contributed by atoms with Gasteiger partial charge in [0.2, 0.25) is 0 Å². The lowest BCUT2D eigenvalue weighted by Gasteiger charge is -2.18. The number of rotatable bonds is 29. The number of carbonyl (C=O) groups is 1. The van der Waals surface area contributed by atoms with Crippen LogP contribution in [-0.4, -0.2) is 30.4 Å². The number of phosphoric acid groups is 1. The van der Waals surface area contributed by atoms with Crippen LogP contribution in [0.5, 0.6) is 0 Å². The summed E-state index contributed by atoms with van der Waals surface area (Å²) in [4.78, 5) is 22.0. The Kier molecular flexibility index (Phi) is 26.2. The van der Waals surface area contributed by atoms with Gasteiger partial charge in [-0.15, -0.1) is 0 Å². The average molecular weight is 534 g/mol. The molecule has 0 spiro atoms. The molecule has 7 heteroatoms. The number of Topliss-reactive ketones (excluding diaryl/α,β-unsaturated/α-hetero) is 1. The molecule has 0 radical (unpaired) electrons. The molecule has 2 unspecified atom stereocenters. The second-order valence-electron chi connectivity index (χ2n) is 10.5. The van der Waals surface area contributed by atoms with Crippen LogP contribution in [0.15, 0.2) is 0 Å². The summed E-state index contributed by atoms with van der Waals surface area (Å²) in [6, 6.07) is 0. The molecule has 0 aromatic heterocycles. The van der Waals surface area contributed by atoms with Crippen molar-refractivity contribution in [2.24, 2.45) is 11.7 Å². The first-order valence-electron chi connectivity index (χ1n) is 15.3. The summed E-state index contributed by atoms with van der Waals surface area (Å²) in [7, 11) is -4.08. The third-order valence-corrected chi connectivity index (χ3v) is 7.82. The molecule has 0 saturated carbocycles. The first kappa shape index (κ1) is 35.7. The summed E-state index contributed by atoms with van der Waals surface area (Å²) in [5.74, 6) is 0.175. The van der Waals surface area contributed by atoms with E-state index in [1.165, 1.54) is 96.3 Å². The Balaban J connectivity index is 3.81. The molecule has 0 saturated heterocycles. The van der Waals surface area contributed by atoms with Crippen molar-refractivity contribution in [3.05, 3.63) is 0 Å². The van der Waals surface area contributed by atoms with Crippen LogP contribution >= 0.6 is 7.82 Å². The summed E-state index contributed by atoms with van der Waals surface area (Å²) >= 11 is 0. The standard InChI is InChI=1S/C29H60NO5P/c1-3-5-6-7-8-9-10-11-12-13-14-15-16-17-18-19-20-23-28(26-29(31)22-4-2)27-35-36(32,33)34-25-21-24-30/h28H,3-27,30H2,1-2H3,(H,32,33). The van der Waals surface area contributed by atoms with E-state index >= 15 is 0 Å². The summed E-state index contributed by atoms with van der Waals surface area (Å²) in [6.45, 7) is 4.85. The van der Waals surface area contributed by atoms with Crippen LogP contribution in [0, 0.1) is 5.92 Å². The van der Waals surface area contributed by atoms with Crippen molar-refractivity contribution in [1.82, 2.24) is 0 Å². The van der Waals surface area contributed by atoms with Gasteiger partial charge in [0.15, 0.2) is 0 Å². The molecule has 3 N–H and O–H groups in total. The number of carbonyl (C=O) groups excluding carboxylic acids is 1. The lowest BCUT2D eigenvalue weighted by molar-refractivity contribution is -0.120. The topological polar surface area (TPSA) is 98.8 Å². The van der Waals surface area contributed by atoms with E-state index in [1.807, 2.05) is 6.92 Å². The maximum Gasteiger partial charge on any atom is 0.472 e. The quantitative estimate of drug-likeness (QED) is 0.0735. The lowest BCUT2D eigenvalue weighted by Crippen LogP contribution is -2.15. The van der Waals surface area contributed by atoms with Gasteiger partial charge < -0.3 is 10.6 Å². The van der Waals surface area contributed by atoms with E-state index in [2.05, 4.69) is 6.92 Å². The van der Waals surface area contributed by atoms with Crippen molar-refractivity contribution in [2.45, 2.75) is 155 Å². The van der Waals surface area contributed by atoms with Gasteiger partial charge in [0.25, 0.3) is 0 Å². The fourth-order valence-corrected chi connectivity index (χ4v) is 5.44. The molecular formula is C29H60NO5P. The maximum atomic E-state index is 12.1. The van der Waals surface area contributed by atoms with Crippen molar-refractivity contribution in [2.75, 3.05) is 19.8 Å². The molecule has 6 nitrogen and oxygen atoms in total. The number of hydrogen-bond donors (Lipinski definition) is 2. The summed E-state index contributed by atoms with van der Waals surface area (Å²) in [5.41, 5.74) is 5.39. The number of phosphoric ester groups is 1. The van der Waals surface area contributed by atoms with Gasteiger partial charge in [0, 0.05) is 12.8 Å². The smallest absolute Gasteiger partial charge is 0.330 e. The Labute approximate surface area is 223 Å². The van der Waals surface area contributed by atoms with Crippen molar-refractivity contribution in [3.63, 3.8) is 0 Å². The average Bonchev–Trinajstić information content (AvgIpc) is 2.84. The van der Waals surface area contributed by atoms with Crippen LogP contribution in [0.4, 0.5) is 0 Å². The monoisotopic (exact) mass is 533 g/mol. The van der Waals surface area contributed by atoms with Gasteiger partial charge >= 0.3 is 7.82 Å². The third-order valence-electron chi connectivity index (χ3n) is 6.84. The molecule has 36 heavy (non-hydrogen) atoms. The first-order chi connectivity index (χ1) is 17.4. The van der Waals surface area contributed by atoms with Gasteiger partial charge in [-0.25, -0.2) is 4.57 Å². The molecule has 0 aliphatic heterocycles. The maximum absolute atomic E-state index is 12.1. The second-order valence-corrected chi connectivity index (χ2v) is 12.0. The Morgan fingerprint density at radius 1 is 0.722 bits per heavy atom. The van der Waals surface area contributed by atoms with E-state index in [-0.39, 0.29) is 24.9 Å². The van der Waals surface area contributed by atoms with Crippen molar-refractivity contribution in [1.29, 1.82) is 0 Å². The van der Waals surface area contributed by atoms with Crippen LogP contribution in [0.3, 0.4) is 0 Å². The summed E-state index contributed by atoms with van der Waals surface area (Å²) in [5, 5.41) is 0. The third kappa shape index (κ3) is 25.4. The molecule has 0 aromatic carbocycles. The van der Waals surface area contributed by atoms with Gasteiger partial charge in [0.05, 0.1) is 13.2 Å². The summed E-state index contributed by atoms with van der Waals surface area (Å²) < 4.78 is 22.2. The molecule has 0 bridgehead atoms. The highest BCUT2D eigenvalue weighted by atomic mass is 31.2. The zero-order valence-corrected chi connectivity index (χ0v) is 24.8. The van der Waals surface area contributed by atoms with E-state index in [0.717, 1.165) is 25.7 Å². The Morgan fingerprint density at radius 3 is 1.64 bits per heavy atom. The fraction of sp³-hybridized carbons (Fsp3) is 0.966. The van der Waals surface area contributed by atoms with Crippen LogP contribution in [0.1, 0.15) is 155 Å². The molecule has 0 heterocycles. The highest BCUT2D eigenvalue weighted by Gasteiger charge is 2.24. The van der Waals surface area contributed by atoms with Crippen LogP contribution in [0.2, 0.25) is 0 Å². The zero-order valence-electron chi connectivity index (χ0n) is 23.9. The SMILES string of the molecule is CCCCCCCCCCCCCCCCCCCC(COP(=O)(O)OCCCN)CC(=O)CCC. The normalized spacial score (nSPS) is 14.1. The zero-order chi connectivity index (χ0) is 26.7. The molecule has 0 fully saturated rings. The predicted octanol–water partition coefficient (Wildman–Crippen LogP) is 8.89. The van der Waals surface area contributed by atoms with Gasteiger partial charge in [-0.05, 0) is 31.7 Å².